The number of Topliss-reactive ketones (excluding diaryl/α,β-unsaturated/α-hetero) is 1. The Balaban J connectivity index is 1.96. The molecule has 0 spiro atoms. The molecule has 0 amide bonds. The lowest BCUT2D eigenvalue weighted by molar-refractivity contribution is -0.108. The predicted octanol–water partition coefficient (Wildman–Crippen LogP) is 6.71. The van der Waals surface area contributed by atoms with E-state index in [1.165, 1.54) is 5.57 Å². The van der Waals surface area contributed by atoms with Crippen molar-refractivity contribution in [2.24, 2.45) is 5.92 Å². The van der Waals surface area contributed by atoms with Crippen molar-refractivity contribution in [1.82, 2.24) is 0 Å². The number of rotatable bonds is 4. The topological polar surface area (TPSA) is 17.1 Å². The Morgan fingerprint density at radius 3 is 2.35 bits per heavy atom. The van der Waals surface area contributed by atoms with Gasteiger partial charge in [0.15, 0.2) is 5.78 Å². The van der Waals surface area contributed by atoms with Gasteiger partial charge in [-0.25, -0.2) is 0 Å². The molecule has 1 saturated carbocycles. The van der Waals surface area contributed by atoms with Gasteiger partial charge in [-0.05, 0) is 36.1 Å². The fourth-order valence-electron chi connectivity index (χ4n) is 4.36. The van der Waals surface area contributed by atoms with Gasteiger partial charge in [0, 0.05) is 27.7 Å². The number of halogens is 2. The van der Waals surface area contributed by atoms with Gasteiger partial charge in [-0.1, -0.05) is 89.4 Å². The summed E-state index contributed by atoms with van der Waals surface area (Å²) in [5, 5.41) is 0.635. The lowest BCUT2D eigenvalue weighted by Gasteiger charge is -2.48. The summed E-state index contributed by atoms with van der Waals surface area (Å²) < 4.78 is -0.178. The minimum absolute atomic E-state index is 0.0959. The third kappa shape index (κ3) is 2.46. The Bertz CT molecular complexity index is 953. The highest BCUT2D eigenvalue weighted by atomic mass is 79.9. The predicted molar refractivity (Wildman–Crippen MR) is 112 cm³/mol. The molecule has 2 aliphatic carbocycles. The molecule has 0 N–H and O–H groups in total. The van der Waals surface area contributed by atoms with Gasteiger partial charge in [-0.2, -0.15) is 0 Å². The molecule has 0 aromatic heterocycles. The van der Waals surface area contributed by atoms with Crippen molar-refractivity contribution in [3.05, 3.63) is 81.9 Å². The lowest BCUT2D eigenvalue weighted by atomic mass is 9.63. The average molecular weight is 428 g/mol. The summed E-state index contributed by atoms with van der Waals surface area (Å²) in [6.07, 6.45) is 2.12. The van der Waals surface area contributed by atoms with Crippen LogP contribution in [-0.2, 0) is 4.79 Å². The Hall–Kier alpha value is -1.64. The molecule has 2 aromatic carbocycles. The fourth-order valence-corrected chi connectivity index (χ4v) is 5.46. The molecular formula is C23H20BrClO. The first kappa shape index (κ1) is 17.8. The number of hydrogen-bond acceptors (Lipinski definition) is 1. The molecule has 2 unspecified atom stereocenters. The van der Waals surface area contributed by atoms with Crippen LogP contribution < -0.4 is 0 Å². The van der Waals surface area contributed by atoms with E-state index in [2.05, 4.69) is 29.8 Å². The molecular weight excluding hydrogens is 408 g/mol. The molecule has 2 aliphatic rings. The summed E-state index contributed by atoms with van der Waals surface area (Å²) in [6.45, 7) is 4.38. The fraction of sp³-hybridized carbons (Fsp3) is 0.261. The van der Waals surface area contributed by atoms with Crippen LogP contribution >= 0.6 is 27.5 Å². The van der Waals surface area contributed by atoms with E-state index in [0.717, 1.165) is 40.7 Å². The number of carbonyl (C=O) groups excluding carboxylic acids is 1. The van der Waals surface area contributed by atoms with Crippen LogP contribution in [0.5, 0.6) is 0 Å². The summed E-state index contributed by atoms with van der Waals surface area (Å²) in [5.41, 5.74) is 5.77. The summed E-state index contributed by atoms with van der Waals surface area (Å²) in [7, 11) is 0. The number of allylic oxidation sites excluding steroid dienone is 4. The molecule has 3 heteroatoms. The van der Waals surface area contributed by atoms with Crippen LogP contribution in [0.3, 0.4) is 0 Å². The zero-order valence-corrected chi connectivity index (χ0v) is 17.2. The number of hydrogen-bond donors (Lipinski definition) is 0. The number of carbonyl (C=O) groups is 1. The summed E-state index contributed by atoms with van der Waals surface area (Å²) in [5.74, 6) is 0.414. The Morgan fingerprint density at radius 2 is 1.69 bits per heavy atom. The maximum Gasteiger partial charge on any atom is 0.194 e. The highest BCUT2D eigenvalue weighted by molar-refractivity contribution is 9.10. The standard InChI is InChI=1S/C23H20BrClO/c1-3-9-16-20-19(15-12-7-8-13-17(15)25)22(26)18(21(20)23(16,2)24)14-10-5-4-6-11-14/h4-8,10-13,16H,3,9H2,1-2H3. The molecule has 0 saturated heterocycles. The van der Waals surface area contributed by atoms with E-state index in [0.29, 0.717) is 10.9 Å². The van der Waals surface area contributed by atoms with Crippen molar-refractivity contribution < 1.29 is 4.79 Å². The van der Waals surface area contributed by atoms with Crippen LogP contribution in [0.4, 0.5) is 0 Å². The quantitative estimate of drug-likeness (QED) is 0.495. The highest BCUT2D eigenvalue weighted by Gasteiger charge is 2.56. The van der Waals surface area contributed by atoms with Crippen LogP contribution in [0.15, 0.2) is 65.7 Å². The Kier molecular flexibility index (Phi) is 4.45. The smallest absolute Gasteiger partial charge is 0.194 e. The van der Waals surface area contributed by atoms with Crippen LogP contribution in [-0.4, -0.2) is 10.1 Å². The molecule has 0 heterocycles. The van der Waals surface area contributed by atoms with Crippen molar-refractivity contribution in [1.29, 1.82) is 0 Å². The summed E-state index contributed by atoms with van der Waals surface area (Å²) in [6, 6.07) is 17.7. The van der Waals surface area contributed by atoms with Gasteiger partial charge in [0.25, 0.3) is 0 Å². The second kappa shape index (κ2) is 6.51. The molecule has 4 rings (SSSR count). The Morgan fingerprint density at radius 1 is 1.04 bits per heavy atom. The first-order valence-corrected chi connectivity index (χ1v) is 10.2. The third-order valence-electron chi connectivity index (χ3n) is 5.52. The van der Waals surface area contributed by atoms with Crippen molar-refractivity contribution in [2.45, 2.75) is 31.0 Å². The summed E-state index contributed by atoms with van der Waals surface area (Å²) in [4.78, 5) is 13.6. The van der Waals surface area contributed by atoms with Gasteiger partial charge in [-0.15, -0.1) is 0 Å². The van der Waals surface area contributed by atoms with E-state index in [1.807, 2.05) is 54.6 Å². The molecule has 1 nitrogen and oxygen atoms in total. The Labute approximate surface area is 167 Å². The molecule has 132 valence electrons. The molecule has 2 atom stereocenters. The van der Waals surface area contributed by atoms with E-state index in [4.69, 9.17) is 11.6 Å². The molecule has 0 bridgehead atoms. The van der Waals surface area contributed by atoms with Crippen LogP contribution in [0.25, 0.3) is 11.1 Å². The van der Waals surface area contributed by atoms with Gasteiger partial charge in [-0.3, -0.25) is 4.79 Å². The SMILES string of the molecule is CCCC1C2=C(c3ccccc3Cl)C(=O)C(c3ccccc3)=C2C1(C)Br. The molecule has 26 heavy (non-hydrogen) atoms. The molecule has 0 aliphatic heterocycles. The summed E-state index contributed by atoms with van der Waals surface area (Å²) >= 11 is 10.4. The van der Waals surface area contributed by atoms with Crippen LogP contribution in [0.1, 0.15) is 37.8 Å². The van der Waals surface area contributed by atoms with Crippen LogP contribution in [0.2, 0.25) is 5.02 Å². The zero-order chi connectivity index (χ0) is 18.5. The first-order valence-electron chi connectivity index (χ1n) is 9.01. The molecule has 0 radical (unpaired) electrons. The van der Waals surface area contributed by atoms with Crippen molar-refractivity contribution in [3.8, 4) is 0 Å². The molecule has 1 fully saturated rings. The van der Waals surface area contributed by atoms with Crippen molar-refractivity contribution in [2.75, 3.05) is 0 Å². The van der Waals surface area contributed by atoms with Crippen molar-refractivity contribution >= 4 is 44.5 Å². The van der Waals surface area contributed by atoms with Gasteiger partial charge in [0.2, 0.25) is 0 Å². The molecule has 2 aromatic rings. The largest absolute Gasteiger partial charge is 0.289 e. The highest BCUT2D eigenvalue weighted by Crippen LogP contribution is 2.64. The second-order valence-corrected chi connectivity index (χ2v) is 9.19. The monoisotopic (exact) mass is 426 g/mol. The minimum atomic E-state index is -0.178. The third-order valence-corrected chi connectivity index (χ3v) is 6.80. The second-order valence-electron chi connectivity index (χ2n) is 7.13. The van der Waals surface area contributed by atoms with Gasteiger partial charge in [0.05, 0.1) is 4.32 Å². The number of alkyl halides is 1. The van der Waals surface area contributed by atoms with Gasteiger partial charge in [0.1, 0.15) is 0 Å². The van der Waals surface area contributed by atoms with E-state index in [9.17, 15) is 4.79 Å². The maximum atomic E-state index is 13.6. The van der Waals surface area contributed by atoms with Crippen molar-refractivity contribution in [3.63, 3.8) is 0 Å². The van der Waals surface area contributed by atoms with Gasteiger partial charge >= 0.3 is 0 Å². The zero-order valence-electron chi connectivity index (χ0n) is 14.9. The van der Waals surface area contributed by atoms with E-state index in [-0.39, 0.29) is 10.1 Å². The normalized spacial score (nSPS) is 24.8. The van der Waals surface area contributed by atoms with E-state index < -0.39 is 0 Å². The average Bonchev–Trinajstić information content (AvgIpc) is 2.92. The number of ketones is 1. The van der Waals surface area contributed by atoms with Crippen LogP contribution in [0, 0.1) is 5.92 Å². The maximum absolute atomic E-state index is 13.6. The van der Waals surface area contributed by atoms with Gasteiger partial charge < -0.3 is 0 Å². The lowest BCUT2D eigenvalue weighted by Crippen LogP contribution is -2.43. The van der Waals surface area contributed by atoms with E-state index in [1.54, 1.807) is 0 Å². The van der Waals surface area contributed by atoms with E-state index >= 15 is 0 Å². The first-order chi connectivity index (χ1) is 12.5. The number of benzene rings is 2. The number of fused-ring (bicyclic) bond motifs is 1. The minimum Gasteiger partial charge on any atom is -0.289 e.